The van der Waals surface area contributed by atoms with E-state index in [1.165, 1.54) is 12.1 Å². The van der Waals surface area contributed by atoms with Crippen LogP contribution in [-0.4, -0.2) is 15.5 Å². The van der Waals surface area contributed by atoms with E-state index >= 15 is 0 Å². The van der Waals surface area contributed by atoms with E-state index in [0.29, 0.717) is 11.3 Å². The van der Waals surface area contributed by atoms with Crippen LogP contribution in [0.2, 0.25) is 0 Å². The molecular weight excluding hydrogens is 275 g/mol. The second-order valence-electron chi connectivity index (χ2n) is 4.19. The maximum absolute atomic E-state index is 13.0. The highest BCUT2D eigenvalue weighted by atomic mass is 32.1. The average molecular weight is 286 g/mol. The van der Waals surface area contributed by atoms with Gasteiger partial charge in [-0.1, -0.05) is 5.16 Å². The minimum atomic E-state index is -0.318. The third kappa shape index (κ3) is 2.23. The molecule has 0 bridgehead atoms. The van der Waals surface area contributed by atoms with Crippen molar-refractivity contribution >= 4 is 17.0 Å². The summed E-state index contributed by atoms with van der Waals surface area (Å²) < 4.78 is 14.9. The summed E-state index contributed by atoms with van der Waals surface area (Å²) in [6.45, 7) is 0. The van der Waals surface area contributed by atoms with Gasteiger partial charge in [-0.25, -0.2) is 4.39 Å². The van der Waals surface area contributed by atoms with E-state index in [9.17, 15) is 9.60 Å². The highest BCUT2D eigenvalue weighted by Crippen LogP contribution is 2.25. The second-order valence-corrected chi connectivity index (χ2v) is 5.08. The van der Waals surface area contributed by atoms with Crippen molar-refractivity contribution in [3.8, 4) is 5.00 Å². The molecular formula is C15H11FN2OS. The molecule has 0 unspecified atom stereocenters. The maximum Gasteiger partial charge on any atom is 0.123 e. The zero-order valence-electron chi connectivity index (χ0n) is 10.4. The summed E-state index contributed by atoms with van der Waals surface area (Å²) in [5.41, 5.74) is 1.90. The Morgan fingerprint density at radius 2 is 1.80 bits per heavy atom. The first-order valence-corrected chi connectivity index (χ1v) is 6.87. The number of nitrogens with zero attached hydrogens (tertiary/aromatic N) is 2. The maximum atomic E-state index is 13.0. The van der Waals surface area contributed by atoms with Crippen LogP contribution in [0.15, 0.2) is 65.4 Å². The number of thiophene rings is 1. The fourth-order valence-corrected chi connectivity index (χ4v) is 2.89. The number of oxime groups is 1. The van der Waals surface area contributed by atoms with Crippen molar-refractivity contribution in [3.05, 3.63) is 77.2 Å². The molecule has 0 spiro atoms. The van der Waals surface area contributed by atoms with Crippen molar-refractivity contribution in [1.29, 1.82) is 0 Å². The number of aromatic nitrogens is 1. The van der Waals surface area contributed by atoms with Crippen molar-refractivity contribution in [2.75, 3.05) is 0 Å². The van der Waals surface area contributed by atoms with Gasteiger partial charge in [0.1, 0.15) is 16.5 Å². The van der Waals surface area contributed by atoms with Crippen molar-refractivity contribution in [2.45, 2.75) is 0 Å². The Balaban J connectivity index is 2.08. The van der Waals surface area contributed by atoms with E-state index in [-0.39, 0.29) is 5.82 Å². The minimum Gasteiger partial charge on any atom is -0.410 e. The highest BCUT2D eigenvalue weighted by molar-refractivity contribution is 7.13. The van der Waals surface area contributed by atoms with E-state index in [0.717, 1.165) is 10.6 Å². The summed E-state index contributed by atoms with van der Waals surface area (Å²) in [7, 11) is 0. The molecule has 3 rings (SSSR count). The predicted molar refractivity (Wildman–Crippen MR) is 77.5 cm³/mol. The molecule has 3 aromatic rings. The standard InChI is InChI=1S/C15H11FN2OS/c16-12-5-3-11(4-6-12)14(17-19)13-7-10-20-15(13)18-8-1-2-9-18/h1-10,19H/b17-14+. The zero-order valence-corrected chi connectivity index (χ0v) is 11.2. The molecule has 5 heteroatoms. The Morgan fingerprint density at radius 1 is 1.10 bits per heavy atom. The molecule has 3 nitrogen and oxygen atoms in total. The smallest absolute Gasteiger partial charge is 0.123 e. The van der Waals surface area contributed by atoms with Crippen molar-refractivity contribution in [1.82, 2.24) is 4.57 Å². The van der Waals surface area contributed by atoms with Gasteiger partial charge in [0, 0.05) is 23.5 Å². The summed E-state index contributed by atoms with van der Waals surface area (Å²) in [4.78, 5) is 0. The predicted octanol–water partition coefficient (Wildman–Crippen LogP) is 3.90. The third-order valence-electron chi connectivity index (χ3n) is 2.96. The Morgan fingerprint density at radius 3 is 2.45 bits per heavy atom. The van der Waals surface area contributed by atoms with E-state index in [4.69, 9.17) is 0 Å². The average Bonchev–Trinajstić information content (AvgIpc) is 3.12. The molecule has 0 saturated heterocycles. The van der Waals surface area contributed by atoms with Crippen LogP contribution in [-0.2, 0) is 0 Å². The number of hydrogen-bond donors (Lipinski definition) is 1. The summed E-state index contributed by atoms with van der Waals surface area (Å²) in [5, 5.41) is 15.6. The van der Waals surface area contributed by atoms with Crippen molar-refractivity contribution in [2.24, 2.45) is 5.16 Å². The first-order valence-electron chi connectivity index (χ1n) is 5.99. The molecule has 0 saturated carbocycles. The lowest BCUT2D eigenvalue weighted by Gasteiger charge is -2.07. The van der Waals surface area contributed by atoms with Gasteiger partial charge in [-0.3, -0.25) is 0 Å². The van der Waals surface area contributed by atoms with Gasteiger partial charge in [0.05, 0.1) is 0 Å². The van der Waals surface area contributed by atoms with Crippen molar-refractivity contribution in [3.63, 3.8) is 0 Å². The van der Waals surface area contributed by atoms with E-state index in [1.54, 1.807) is 23.5 Å². The highest BCUT2D eigenvalue weighted by Gasteiger charge is 2.15. The van der Waals surface area contributed by atoms with Crippen LogP contribution in [0.4, 0.5) is 4.39 Å². The van der Waals surface area contributed by atoms with Gasteiger partial charge in [-0.2, -0.15) is 0 Å². The van der Waals surface area contributed by atoms with Gasteiger partial charge in [-0.05, 0) is 47.8 Å². The Labute approximate surface area is 119 Å². The molecule has 2 aromatic heterocycles. The van der Waals surface area contributed by atoms with E-state index in [1.807, 2.05) is 40.5 Å². The summed E-state index contributed by atoms with van der Waals surface area (Å²) in [6.07, 6.45) is 3.85. The van der Waals surface area contributed by atoms with Crippen LogP contribution in [0.25, 0.3) is 5.00 Å². The lowest BCUT2D eigenvalue weighted by atomic mass is 10.0. The zero-order chi connectivity index (χ0) is 13.9. The normalized spacial score (nSPS) is 11.8. The van der Waals surface area contributed by atoms with Gasteiger partial charge in [0.15, 0.2) is 0 Å². The molecule has 0 atom stereocenters. The summed E-state index contributed by atoms with van der Waals surface area (Å²) >= 11 is 1.55. The van der Waals surface area contributed by atoms with Gasteiger partial charge in [-0.15, -0.1) is 11.3 Å². The molecule has 2 heterocycles. The second kappa shape index (κ2) is 5.30. The van der Waals surface area contributed by atoms with Crippen molar-refractivity contribution < 1.29 is 9.60 Å². The quantitative estimate of drug-likeness (QED) is 0.442. The van der Waals surface area contributed by atoms with E-state index < -0.39 is 0 Å². The Kier molecular flexibility index (Phi) is 3.35. The van der Waals surface area contributed by atoms with Gasteiger partial charge in [0.25, 0.3) is 0 Å². The molecule has 0 aliphatic carbocycles. The molecule has 0 aliphatic heterocycles. The molecule has 0 aliphatic rings. The number of hydrogen-bond acceptors (Lipinski definition) is 3. The molecule has 100 valence electrons. The van der Waals surface area contributed by atoms with Crippen LogP contribution in [0.3, 0.4) is 0 Å². The monoisotopic (exact) mass is 286 g/mol. The fraction of sp³-hybridized carbons (Fsp3) is 0. The summed E-state index contributed by atoms with van der Waals surface area (Å²) in [6, 6.07) is 11.6. The third-order valence-corrected chi connectivity index (χ3v) is 3.88. The SMILES string of the molecule is O/N=C(\c1ccc(F)cc1)c1ccsc1-n1cccc1. The minimum absolute atomic E-state index is 0.318. The molecule has 1 N–H and O–H groups in total. The topological polar surface area (TPSA) is 37.5 Å². The Hall–Kier alpha value is -2.40. The number of halogens is 1. The van der Waals surface area contributed by atoms with Crippen LogP contribution < -0.4 is 0 Å². The lowest BCUT2D eigenvalue weighted by Crippen LogP contribution is -2.05. The van der Waals surface area contributed by atoms with Gasteiger partial charge < -0.3 is 9.77 Å². The molecule has 0 amide bonds. The van der Waals surface area contributed by atoms with E-state index in [2.05, 4.69) is 5.16 Å². The van der Waals surface area contributed by atoms with Crippen LogP contribution in [0.1, 0.15) is 11.1 Å². The fourth-order valence-electron chi connectivity index (χ4n) is 2.03. The van der Waals surface area contributed by atoms with Gasteiger partial charge >= 0.3 is 0 Å². The largest absolute Gasteiger partial charge is 0.410 e. The summed E-state index contributed by atoms with van der Waals surface area (Å²) in [5.74, 6) is -0.318. The lowest BCUT2D eigenvalue weighted by molar-refractivity contribution is 0.319. The van der Waals surface area contributed by atoms with Crippen LogP contribution in [0.5, 0.6) is 0 Å². The van der Waals surface area contributed by atoms with Crippen LogP contribution >= 0.6 is 11.3 Å². The number of rotatable bonds is 3. The molecule has 0 fully saturated rings. The first kappa shape index (κ1) is 12.6. The number of benzene rings is 1. The molecule has 20 heavy (non-hydrogen) atoms. The Bertz CT molecular complexity index is 730. The molecule has 0 radical (unpaired) electrons. The van der Waals surface area contributed by atoms with Crippen LogP contribution in [0, 0.1) is 5.82 Å². The van der Waals surface area contributed by atoms with Gasteiger partial charge in [0.2, 0.25) is 0 Å². The molecule has 1 aromatic carbocycles. The first-order chi connectivity index (χ1) is 9.79.